The standard InChI is InChI=1S/C18H26O4.C2H6/c1-5-6-15(20)8-9-16-14(11-13(2)12-19)7-10-17(21-3)18(16)22-4;1-2/h7,10,12,19H,5-6,8-9,11H2,1-4H3;1-2H3/b13-12-;. The smallest absolute Gasteiger partial charge is 0.164 e. The summed E-state index contributed by atoms with van der Waals surface area (Å²) in [6.07, 6.45) is 4.32. The number of benzene rings is 1. The lowest BCUT2D eigenvalue weighted by molar-refractivity contribution is -0.119. The van der Waals surface area contributed by atoms with Crippen LogP contribution in [0.5, 0.6) is 11.5 Å². The normalized spacial score (nSPS) is 10.7. The zero-order valence-electron chi connectivity index (χ0n) is 15.9. The second-order valence-corrected chi connectivity index (χ2v) is 5.38. The summed E-state index contributed by atoms with van der Waals surface area (Å²) in [4.78, 5) is 11.8. The van der Waals surface area contributed by atoms with Crippen LogP contribution in [0, 0.1) is 0 Å². The first-order chi connectivity index (χ1) is 11.6. The molecule has 0 radical (unpaired) electrons. The molecule has 136 valence electrons. The molecular formula is C20H32O4. The van der Waals surface area contributed by atoms with Crippen LogP contribution in [0.25, 0.3) is 0 Å². The molecule has 0 spiro atoms. The third kappa shape index (κ3) is 6.65. The van der Waals surface area contributed by atoms with Crippen molar-refractivity contribution in [2.45, 2.75) is 59.8 Å². The van der Waals surface area contributed by atoms with E-state index >= 15 is 0 Å². The van der Waals surface area contributed by atoms with Gasteiger partial charge < -0.3 is 14.6 Å². The summed E-state index contributed by atoms with van der Waals surface area (Å²) in [6, 6.07) is 3.82. The molecule has 1 N–H and O–H groups in total. The number of carbonyl (C=O) groups excluding carboxylic acids is 1. The molecule has 0 unspecified atom stereocenters. The Balaban J connectivity index is 0.00000254. The predicted molar refractivity (Wildman–Crippen MR) is 99.2 cm³/mol. The molecule has 0 aliphatic rings. The molecule has 1 aromatic carbocycles. The van der Waals surface area contributed by atoms with Crippen LogP contribution in [-0.4, -0.2) is 25.1 Å². The van der Waals surface area contributed by atoms with Crippen molar-refractivity contribution in [1.29, 1.82) is 0 Å². The van der Waals surface area contributed by atoms with E-state index in [2.05, 4.69) is 0 Å². The lowest BCUT2D eigenvalue weighted by atomic mass is 9.95. The number of hydrogen-bond donors (Lipinski definition) is 1. The van der Waals surface area contributed by atoms with Gasteiger partial charge in [-0.05, 0) is 43.4 Å². The Morgan fingerprint density at radius 2 is 1.83 bits per heavy atom. The van der Waals surface area contributed by atoms with Crippen molar-refractivity contribution in [3.8, 4) is 11.5 Å². The van der Waals surface area contributed by atoms with Crippen molar-refractivity contribution in [3.05, 3.63) is 35.1 Å². The van der Waals surface area contributed by atoms with E-state index in [1.165, 1.54) is 0 Å². The summed E-state index contributed by atoms with van der Waals surface area (Å²) in [5.74, 6) is 1.60. The van der Waals surface area contributed by atoms with Gasteiger partial charge >= 0.3 is 0 Å². The van der Waals surface area contributed by atoms with Gasteiger partial charge in [0.1, 0.15) is 5.78 Å². The minimum absolute atomic E-state index is 0.257. The molecule has 0 aliphatic carbocycles. The van der Waals surface area contributed by atoms with E-state index in [0.717, 1.165) is 29.4 Å². The summed E-state index contributed by atoms with van der Waals surface area (Å²) in [5.41, 5.74) is 2.88. The molecule has 0 aromatic heterocycles. The van der Waals surface area contributed by atoms with E-state index in [1.807, 2.05) is 39.8 Å². The number of allylic oxidation sites excluding steroid dienone is 1. The lowest BCUT2D eigenvalue weighted by Crippen LogP contribution is -2.05. The monoisotopic (exact) mass is 336 g/mol. The highest BCUT2D eigenvalue weighted by Crippen LogP contribution is 2.35. The summed E-state index contributed by atoms with van der Waals surface area (Å²) in [6.45, 7) is 7.87. The second kappa shape index (κ2) is 12.5. The van der Waals surface area contributed by atoms with Crippen LogP contribution >= 0.6 is 0 Å². The van der Waals surface area contributed by atoms with Crippen molar-refractivity contribution in [3.63, 3.8) is 0 Å². The van der Waals surface area contributed by atoms with Crippen molar-refractivity contribution in [2.24, 2.45) is 0 Å². The number of aliphatic hydroxyl groups is 1. The molecule has 0 amide bonds. The Kier molecular flexibility index (Phi) is 11.4. The van der Waals surface area contributed by atoms with E-state index in [0.29, 0.717) is 37.2 Å². The zero-order chi connectivity index (χ0) is 18.5. The topological polar surface area (TPSA) is 55.8 Å². The molecule has 0 aliphatic heterocycles. The lowest BCUT2D eigenvalue weighted by Gasteiger charge is -2.17. The van der Waals surface area contributed by atoms with Crippen molar-refractivity contribution in [1.82, 2.24) is 0 Å². The second-order valence-electron chi connectivity index (χ2n) is 5.38. The molecule has 0 saturated carbocycles. The molecule has 0 saturated heterocycles. The van der Waals surface area contributed by atoms with Gasteiger partial charge in [0, 0.05) is 18.4 Å². The minimum atomic E-state index is 0.257. The number of ether oxygens (including phenoxy) is 2. The molecular weight excluding hydrogens is 304 g/mol. The van der Waals surface area contributed by atoms with Crippen molar-refractivity contribution < 1.29 is 19.4 Å². The van der Waals surface area contributed by atoms with Crippen LogP contribution in [-0.2, 0) is 17.6 Å². The predicted octanol–water partition coefficient (Wildman–Crippen LogP) is 5.04. The maximum Gasteiger partial charge on any atom is 0.164 e. The molecule has 4 nitrogen and oxygen atoms in total. The molecule has 0 fully saturated rings. The highest BCUT2D eigenvalue weighted by atomic mass is 16.5. The molecule has 4 heteroatoms. The number of rotatable bonds is 9. The van der Waals surface area contributed by atoms with Crippen LogP contribution in [0.1, 0.15) is 58.1 Å². The average Bonchev–Trinajstić information content (AvgIpc) is 2.61. The van der Waals surface area contributed by atoms with Crippen molar-refractivity contribution >= 4 is 5.78 Å². The van der Waals surface area contributed by atoms with Gasteiger partial charge in [0.15, 0.2) is 11.5 Å². The Morgan fingerprint density at radius 1 is 1.17 bits per heavy atom. The number of aliphatic hydroxyl groups excluding tert-OH is 1. The van der Waals surface area contributed by atoms with Gasteiger partial charge in [0.25, 0.3) is 0 Å². The number of hydrogen-bond acceptors (Lipinski definition) is 4. The highest BCUT2D eigenvalue weighted by Gasteiger charge is 2.16. The first kappa shape index (κ1) is 22.0. The Morgan fingerprint density at radius 3 is 2.33 bits per heavy atom. The van der Waals surface area contributed by atoms with Crippen LogP contribution in [0.15, 0.2) is 24.0 Å². The molecule has 1 rings (SSSR count). The maximum atomic E-state index is 11.8. The van der Waals surface area contributed by atoms with Crippen LogP contribution in [0.2, 0.25) is 0 Å². The summed E-state index contributed by atoms with van der Waals surface area (Å²) < 4.78 is 10.8. The largest absolute Gasteiger partial charge is 0.516 e. The average molecular weight is 336 g/mol. The number of carbonyl (C=O) groups is 1. The molecule has 0 bridgehead atoms. The fourth-order valence-corrected chi connectivity index (χ4v) is 2.49. The Bertz CT molecular complexity index is 533. The third-order valence-corrected chi connectivity index (χ3v) is 3.62. The van der Waals surface area contributed by atoms with Crippen LogP contribution in [0.4, 0.5) is 0 Å². The van der Waals surface area contributed by atoms with Gasteiger partial charge in [-0.1, -0.05) is 26.8 Å². The fourth-order valence-electron chi connectivity index (χ4n) is 2.49. The summed E-state index contributed by atoms with van der Waals surface area (Å²) >= 11 is 0. The van der Waals surface area contributed by atoms with Crippen LogP contribution in [0.3, 0.4) is 0 Å². The van der Waals surface area contributed by atoms with Gasteiger partial charge in [-0.3, -0.25) is 4.79 Å². The van der Waals surface area contributed by atoms with E-state index in [-0.39, 0.29) is 5.78 Å². The Labute approximate surface area is 146 Å². The van der Waals surface area contributed by atoms with Crippen LogP contribution < -0.4 is 9.47 Å². The molecule has 24 heavy (non-hydrogen) atoms. The van der Waals surface area contributed by atoms with Gasteiger partial charge in [-0.2, -0.15) is 0 Å². The number of Topliss-reactive ketones (excluding diaryl/α,β-unsaturated/α-hetero) is 1. The van der Waals surface area contributed by atoms with E-state index in [9.17, 15) is 4.79 Å². The number of methoxy groups -OCH3 is 2. The molecule has 1 aromatic rings. The molecule has 0 heterocycles. The van der Waals surface area contributed by atoms with Gasteiger partial charge in [-0.15, -0.1) is 0 Å². The van der Waals surface area contributed by atoms with Crippen molar-refractivity contribution in [2.75, 3.05) is 14.2 Å². The SMILES string of the molecule is CC.CCCC(=O)CCc1c(C/C(C)=C\O)ccc(OC)c1OC. The summed E-state index contributed by atoms with van der Waals surface area (Å²) in [5, 5.41) is 9.13. The van der Waals surface area contributed by atoms with E-state index in [4.69, 9.17) is 14.6 Å². The molecule has 0 atom stereocenters. The highest BCUT2D eigenvalue weighted by molar-refractivity contribution is 5.78. The first-order valence-corrected chi connectivity index (χ1v) is 8.61. The summed E-state index contributed by atoms with van der Waals surface area (Å²) in [7, 11) is 3.20. The minimum Gasteiger partial charge on any atom is -0.516 e. The third-order valence-electron chi connectivity index (χ3n) is 3.62. The first-order valence-electron chi connectivity index (χ1n) is 8.61. The number of ketones is 1. The Hall–Kier alpha value is -1.97. The zero-order valence-corrected chi connectivity index (χ0v) is 15.9. The maximum absolute atomic E-state index is 11.8. The van der Waals surface area contributed by atoms with E-state index < -0.39 is 0 Å². The van der Waals surface area contributed by atoms with Gasteiger partial charge in [0.2, 0.25) is 0 Å². The quantitative estimate of drug-likeness (QED) is 0.642. The van der Waals surface area contributed by atoms with E-state index in [1.54, 1.807) is 14.2 Å². The van der Waals surface area contributed by atoms with Gasteiger partial charge in [0.05, 0.1) is 20.5 Å². The van der Waals surface area contributed by atoms with Gasteiger partial charge in [-0.25, -0.2) is 0 Å². The fraction of sp³-hybridized carbons (Fsp3) is 0.550.